The molecule has 2 heterocycles. The van der Waals surface area contributed by atoms with E-state index in [1.165, 1.54) is 0 Å². The van der Waals surface area contributed by atoms with Crippen LogP contribution in [-0.2, 0) is 5.54 Å². The van der Waals surface area contributed by atoms with E-state index in [0.29, 0.717) is 5.88 Å². The zero-order valence-electron chi connectivity index (χ0n) is 14.3. The van der Waals surface area contributed by atoms with E-state index in [4.69, 9.17) is 11.6 Å². The van der Waals surface area contributed by atoms with Crippen molar-refractivity contribution < 1.29 is 4.79 Å². The van der Waals surface area contributed by atoms with E-state index >= 15 is 0 Å². The second-order valence-corrected chi connectivity index (χ2v) is 7.17. The first kappa shape index (κ1) is 16.2. The summed E-state index contributed by atoms with van der Waals surface area (Å²) < 4.78 is 0. The van der Waals surface area contributed by atoms with Crippen LogP contribution in [0.3, 0.4) is 0 Å². The van der Waals surface area contributed by atoms with E-state index in [0.717, 1.165) is 41.6 Å². The smallest absolute Gasteiger partial charge is 0.259 e. The number of amides is 1. The molecule has 0 fully saturated rings. The minimum absolute atomic E-state index is 0.00713. The molecular formula is C22H20ClNO. The van der Waals surface area contributed by atoms with Crippen molar-refractivity contribution in [2.45, 2.75) is 37.6 Å². The summed E-state index contributed by atoms with van der Waals surface area (Å²) in [6.07, 6.45) is 2.85. The van der Waals surface area contributed by atoms with Gasteiger partial charge >= 0.3 is 0 Å². The molecule has 0 radical (unpaired) electrons. The monoisotopic (exact) mass is 349 g/mol. The molecule has 1 amide bonds. The van der Waals surface area contributed by atoms with Crippen molar-refractivity contribution in [2.24, 2.45) is 0 Å². The number of halogens is 1. The molecule has 0 unspecified atom stereocenters. The summed E-state index contributed by atoms with van der Waals surface area (Å²) in [5.74, 6) is 7.58. The van der Waals surface area contributed by atoms with E-state index in [9.17, 15) is 4.79 Å². The molecule has 126 valence electrons. The number of carbonyl (C=O) groups excluding carboxylic acids is 1. The number of hydrogen-bond acceptors (Lipinski definition) is 1. The molecular weight excluding hydrogens is 330 g/mol. The molecule has 2 aromatic carbocycles. The summed E-state index contributed by atoms with van der Waals surface area (Å²) in [6, 6.07) is 16.1. The zero-order valence-corrected chi connectivity index (χ0v) is 15.0. The average molecular weight is 350 g/mol. The van der Waals surface area contributed by atoms with Crippen LogP contribution in [0.5, 0.6) is 0 Å². The Bertz CT molecular complexity index is 894. The van der Waals surface area contributed by atoms with Crippen LogP contribution in [0.15, 0.2) is 48.5 Å². The van der Waals surface area contributed by atoms with E-state index in [1.807, 2.05) is 41.3 Å². The highest BCUT2D eigenvalue weighted by Crippen LogP contribution is 2.57. The van der Waals surface area contributed by atoms with Crippen molar-refractivity contribution in [3.63, 3.8) is 0 Å². The van der Waals surface area contributed by atoms with Crippen LogP contribution >= 0.6 is 11.6 Å². The predicted molar refractivity (Wildman–Crippen MR) is 102 cm³/mol. The molecule has 4 rings (SSSR count). The first-order chi connectivity index (χ1) is 12.2. The molecule has 0 saturated carbocycles. The standard InChI is InChI=1S/C22H20ClNO/c1-22-18(12-4-2-3-9-15-23)16-10-6-8-14-20(16)24(22)21(25)17-11-5-7-13-19(17)22/h5-8,10-11,13-14,18H,2-3,9,15H2,1H3/t18-,22+/m0/s1. The Labute approximate surface area is 153 Å². The van der Waals surface area contributed by atoms with E-state index in [2.05, 4.69) is 30.9 Å². The molecule has 25 heavy (non-hydrogen) atoms. The van der Waals surface area contributed by atoms with Gasteiger partial charge in [0.2, 0.25) is 0 Å². The molecule has 0 saturated heterocycles. The molecule has 0 aliphatic carbocycles. The number of nitrogens with zero attached hydrogens (tertiary/aromatic N) is 1. The van der Waals surface area contributed by atoms with Crippen molar-refractivity contribution in [3.05, 3.63) is 65.2 Å². The van der Waals surface area contributed by atoms with Gasteiger partial charge in [0.05, 0.1) is 11.5 Å². The Morgan fingerprint density at radius 2 is 1.88 bits per heavy atom. The first-order valence-corrected chi connectivity index (χ1v) is 9.30. The fourth-order valence-electron chi connectivity index (χ4n) is 4.15. The molecule has 0 spiro atoms. The van der Waals surface area contributed by atoms with Crippen molar-refractivity contribution in [3.8, 4) is 11.8 Å². The maximum atomic E-state index is 13.1. The third kappa shape index (κ3) is 2.30. The van der Waals surface area contributed by atoms with Crippen molar-refractivity contribution in [1.82, 2.24) is 0 Å². The van der Waals surface area contributed by atoms with Crippen LogP contribution in [0.4, 0.5) is 5.69 Å². The molecule has 2 aliphatic heterocycles. The number of unbranched alkanes of at least 4 members (excludes halogenated alkanes) is 2. The lowest BCUT2D eigenvalue weighted by atomic mass is 9.79. The van der Waals surface area contributed by atoms with E-state index in [-0.39, 0.29) is 11.8 Å². The quantitative estimate of drug-likeness (QED) is 0.430. The Morgan fingerprint density at radius 1 is 1.12 bits per heavy atom. The molecule has 0 aromatic heterocycles. The summed E-state index contributed by atoms with van der Waals surface area (Å²) in [7, 11) is 0. The van der Waals surface area contributed by atoms with Crippen molar-refractivity contribution in [1.29, 1.82) is 0 Å². The maximum absolute atomic E-state index is 13.1. The molecule has 0 bridgehead atoms. The lowest BCUT2D eigenvalue weighted by Gasteiger charge is -2.32. The van der Waals surface area contributed by atoms with Gasteiger partial charge in [-0.05, 0) is 43.0 Å². The van der Waals surface area contributed by atoms with Crippen LogP contribution in [0.2, 0.25) is 0 Å². The van der Waals surface area contributed by atoms with Crippen LogP contribution in [0.1, 0.15) is 53.6 Å². The number of carbonyl (C=O) groups is 1. The maximum Gasteiger partial charge on any atom is 0.259 e. The van der Waals surface area contributed by atoms with Gasteiger partial charge in [-0.25, -0.2) is 0 Å². The average Bonchev–Trinajstić information content (AvgIpc) is 3.02. The Morgan fingerprint density at radius 3 is 2.72 bits per heavy atom. The van der Waals surface area contributed by atoms with Crippen LogP contribution in [0, 0.1) is 11.8 Å². The fourth-order valence-corrected chi connectivity index (χ4v) is 4.33. The third-order valence-electron chi connectivity index (χ3n) is 5.35. The summed E-state index contributed by atoms with van der Waals surface area (Å²) in [5, 5.41) is 0. The lowest BCUT2D eigenvalue weighted by Crippen LogP contribution is -2.40. The van der Waals surface area contributed by atoms with Crippen molar-refractivity contribution >= 4 is 23.2 Å². The SMILES string of the molecule is C[C@@]12c3ccccc3C(=O)N1c1ccccc1[C@@H]2C#CCCCCCl. The molecule has 2 nitrogen and oxygen atoms in total. The Kier molecular flexibility index (Phi) is 4.06. The van der Waals surface area contributed by atoms with Gasteiger partial charge in [0.15, 0.2) is 0 Å². The van der Waals surface area contributed by atoms with Gasteiger partial charge < -0.3 is 0 Å². The highest BCUT2D eigenvalue weighted by Gasteiger charge is 2.57. The van der Waals surface area contributed by atoms with Gasteiger partial charge in [0.1, 0.15) is 0 Å². The number of rotatable bonds is 3. The predicted octanol–water partition coefficient (Wildman–Crippen LogP) is 5.07. The van der Waals surface area contributed by atoms with Gasteiger partial charge in [-0.15, -0.1) is 17.5 Å². The Hall–Kier alpha value is -2.24. The largest absolute Gasteiger partial charge is 0.296 e. The van der Waals surface area contributed by atoms with Crippen LogP contribution in [0.25, 0.3) is 0 Å². The summed E-state index contributed by atoms with van der Waals surface area (Å²) in [4.78, 5) is 15.0. The molecule has 0 N–H and O–H groups in total. The highest BCUT2D eigenvalue weighted by molar-refractivity contribution is 6.17. The second kappa shape index (κ2) is 6.24. The normalized spacial score (nSPS) is 22.9. The van der Waals surface area contributed by atoms with Gasteiger partial charge in [-0.1, -0.05) is 42.3 Å². The topological polar surface area (TPSA) is 20.3 Å². The summed E-state index contributed by atoms with van der Waals surface area (Å²) in [6.45, 7) is 2.15. The van der Waals surface area contributed by atoms with Gasteiger partial charge in [0.25, 0.3) is 5.91 Å². The minimum atomic E-state index is -0.434. The van der Waals surface area contributed by atoms with E-state index < -0.39 is 5.54 Å². The lowest BCUT2D eigenvalue weighted by molar-refractivity contribution is 0.0982. The van der Waals surface area contributed by atoms with Crippen LogP contribution < -0.4 is 4.90 Å². The third-order valence-corrected chi connectivity index (χ3v) is 5.62. The van der Waals surface area contributed by atoms with E-state index in [1.54, 1.807) is 0 Å². The molecule has 3 heteroatoms. The molecule has 2 aliphatic rings. The van der Waals surface area contributed by atoms with Gasteiger partial charge in [-0.2, -0.15) is 0 Å². The number of benzene rings is 2. The van der Waals surface area contributed by atoms with Gasteiger partial charge in [0, 0.05) is 23.6 Å². The fraction of sp³-hybridized carbons (Fsp3) is 0.318. The second-order valence-electron chi connectivity index (χ2n) is 6.79. The number of para-hydroxylation sites is 1. The summed E-state index contributed by atoms with van der Waals surface area (Å²) in [5.41, 5.74) is 3.59. The number of hydrogen-bond donors (Lipinski definition) is 0. The Balaban J connectivity index is 1.81. The van der Waals surface area contributed by atoms with Gasteiger partial charge in [-0.3, -0.25) is 9.69 Å². The molecule has 2 aromatic rings. The first-order valence-electron chi connectivity index (χ1n) is 8.77. The number of alkyl halides is 1. The highest BCUT2D eigenvalue weighted by atomic mass is 35.5. The summed E-state index contributed by atoms with van der Waals surface area (Å²) >= 11 is 5.75. The number of fused-ring (bicyclic) bond motifs is 5. The van der Waals surface area contributed by atoms with Crippen LogP contribution in [-0.4, -0.2) is 11.8 Å². The number of anilines is 1. The molecule has 2 atom stereocenters. The zero-order chi connectivity index (χ0) is 17.4. The van der Waals surface area contributed by atoms with Crippen molar-refractivity contribution in [2.75, 3.05) is 10.8 Å². The minimum Gasteiger partial charge on any atom is -0.296 e.